The van der Waals surface area contributed by atoms with Crippen LogP contribution in [0.1, 0.15) is 63.6 Å². The zero-order chi connectivity index (χ0) is 24.0. The fourth-order valence-electron chi connectivity index (χ4n) is 5.58. The van der Waals surface area contributed by atoms with E-state index < -0.39 is 17.6 Å². The number of halogens is 1. The lowest BCUT2D eigenvalue weighted by atomic mass is 9.78. The quantitative estimate of drug-likeness (QED) is 0.610. The minimum absolute atomic E-state index is 0.0720. The Morgan fingerprint density at radius 1 is 1.21 bits per heavy atom. The normalized spacial score (nSPS) is 27.1. The van der Waals surface area contributed by atoms with Gasteiger partial charge in [-0.25, -0.2) is 9.18 Å². The number of rotatable bonds is 4. The van der Waals surface area contributed by atoms with Crippen molar-refractivity contribution in [1.82, 2.24) is 10.2 Å². The minimum atomic E-state index is -0.432. The number of alkyl carbamates (subject to hydrolysis) is 1. The minimum Gasteiger partial charge on any atom is -0.493 e. The number of nitrogens with one attached hydrogen (secondary N) is 1. The second-order valence-corrected chi connectivity index (χ2v) is 11.1. The van der Waals surface area contributed by atoms with Crippen molar-refractivity contribution in [1.29, 1.82) is 0 Å². The number of carbonyl (C=O) groups is 1. The lowest BCUT2D eigenvalue weighted by Crippen LogP contribution is -2.53. The Hall–Kier alpha value is -2.60. The molecule has 2 aromatic rings. The fourth-order valence-corrected chi connectivity index (χ4v) is 5.58. The molecule has 5 nitrogen and oxygen atoms in total. The van der Waals surface area contributed by atoms with Crippen LogP contribution in [0.4, 0.5) is 9.18 Å². The summed E-state index contributed by atoms with van der Waals surface area (Å²) in [7, 11) is 0. The molecule has 2 atom stereocenters. The molecule has 3 fully saturated rings. The van der Waals surface area contributed by atoms with Crippen molar-refractivity contribution in [3.63, 3.8) is 0 Å². The first kappa shape index (κ1) is 23.2. The second kappa shape index (κ2) is 8.88. The fraction of sp³-hybridized carbons (Fsp3) is 0.536. The standard InChI is InChI=1S/C28H35FN2O3/c1-17(2)19-6-5-7-20(12-19)21-14-24-22(13-23(21)29)26(28(3,4)16-33-24)30-27(32)34-25-15-31-10-8-18(25)9-11-31/h5-7,12-14,17-18,25-26H,8-11,15-16H2,1-4H3,(H,30,32)/t25-,26?/m0/s1. The average Bonchev–Trinajstić information content (AvgIpc) is 2.82. The largest absolute Gasteiger partial charge is 0.493 e. The molecule has 34 heavy (non-hydrogen) atoms. The molecule has 0 aliphatic carbocycles. The first-order chi connectivity index (χ1) is 16.2. The topological polar surface area (TPSA) is 50.8 Å². The Balaban J connectivity index is 1.40. The van der Waals surface area contributed by atoms with Gasteiger partial charge >= 0.3 is 6.09 Å². The SMILES string of the molecule is CC(C)c1cccc(-c2cc3c(cc2F)C(NC(=O)O[C@H]2CN4CCC2CC4)C(C)(C)CO3)c1. The lowest BCUT2D eigenvalue weighted by molar-refractivity contribution is -0.0361. The molecule has 2 aromatic carbocycles. The Kier molecular flexibility index (Phi) is 6.05. The number of ether oxygens (including phenoxy) is 2. The van der Waals surface area contributed by atoms with Gasteiger partial charge in [-0.3, -0.25) is 4.90 Å². The van der Waals surface area contributed by atoms with E-state index in [9.17, 15) is 4.79 Å². The molecule has 4 aliphatic heterocycles. The van der Waals surface area contributed by atoms with Crippen molar-refractivity contribution in [2.75, 3.05) is 26.2 Å². The van der Waals surface area contributed by atoms with Crippen LogP contribution < -0.4 is 10.1 Å². The third-order valence-electron chi connectivity index (χ3n) is 7.77. The summed E-state index contributed by atoms with van der Waals surface area (Å²) in [6.07, 6.45) is 1.65. The second-order valence-electron chi connectivity index (χ2n) is 11.1. The third kappa shape index (κ3) is 4.40. The van der Waals surface area contributed by atoms with Gasteiger partial charge in [-0.15, -0.1) is 0 Å². The highest BCUT2D eigenvalue weighted by Crippen LogP contribution is 2.45. The van der Waals surface area contributed by atoms with E-state index in [2.05, 4.69) is 30.1 Å². The molecular weight excluding hydrogens is 431 g/mol. The monoisotopic (exact) mass is 466 g/mol. The van der Waals surface area contributed by atoms with Gasteiger partial charge in [0.05, 0.1) is 12.6 Å². The molecule has 0 spiro atoms. The van der Waals surface area contributed by atoms with Gasteiger partial charge in [-0.05, 0) is 61.0 Å². The molecule has 1 amide bonds. The van der Waals surface area contributed by atoms with E-state index in [1.807, 2.05) is 32.0 Å². The predicted molar refractivity (Wildman–Crippen MR) is 131 cm³/mol. The number of hydrogen-bond donors (Lipinski definition) is 1. The molecule has 0 aromatic heterocycles. The number of amides is 1. The summed E-state index contributed by atoms with van der Waals surface area (Å²) < 4.78 is 27.4. The first-order valence-electron chi connectivity index (χ1n) is 12.5. The molecule has 0 radical (unpaired) electrons. The van der Waals surface area contributed by atoms with Crippen LogP contribution in [-0.4, -0.2) is 43.3 Å². The molecule has 1 unspecified atom stereocenters. The maximum Gasteiger partial charge on any atom is 0.407 e. The van der Waals surface area contributed by atoms with Crippen LogP contribution in [0.5, 0.6) is 5.75 Å². The molecule has 4 aliphatic rings. The maximum atomic E-state index is 15.4. The van der Waals surface area contributed by atoms with Gasteiger partial charge in [-0.2, -0.15) is 0 Å². The highest BCUT2D eigenvalue weighted by molar-refractivity contribution is 5.71. The van der Waals surface area contributed by atoms with E-state index in [0.717, 1.165) is 43.6 Å². The van der Waals surface area contributed by atoms with Crippen LogP contribution in [0.25, 0.3) is 11.1 Å². The van der Waals surface area contributed by atoms with Gasteiger partial charge in [0.25, 0.3) is 0 Å². The molecule has 1 N–H and O–H groups in total. The summed E-state index contributed by atoms with van der Waals surface area (Å²) in [4.78, 5) is 15.3. The summed E-state index contributed by atoms with van der Waals surface area (Å²) in [6, 6.07) is 10.9. The van der Waals surface area contributed by atoms with Gasteiger partial charge in [-0.1, -0.05) is 52.0 Å². The number of hydrogen-bond acceptors (Lipinski definition) is 4. The van der Waals surface area contributed by atoms with Crippen LogP contribution >= 0.6 is 0 Å². The Labute approximate surface area is 201 Å². The maximum absolute atomic E-state index is 15.4. The number of piperidine rings is 3. The van der Waals surface area contributed by atoms with E-state index in [-0.39, 0.29) is 11.9 Å². The number of carbonyl (C=O) groups excluding carboxylic acids is 1. The summed E-state index contributed by atoms with van der Waals surface area (Å²) >= 11 is 0. The Bertz CT molecular complexity index is 1080. The van der Waals surface area contributed by atoms with Crippen LogP contribution in [0, 0.1) is 17.2 Å². The molecule has 4 heterocycles. The smallest absolute Gasteiger partial charge is 0.407 e. The van der Waals surface area contributed by atoms with Crippen molar-refractivity contribution in [3.8, 4) is 16.9 Å². The molecule has 6 rings (SSSR count). The summed E-state index contributed by atoms with van der Waals surface area (Å²) in [5.74, 6) is 1.08. The summed E-state index contributed by atoms with van der Waals surface area (Å²) in [5.41, 5.74) is 2.74. The van der Waals surface area contributed by atoms with E-state index in [4.69, 9.17) is 9.47 Å². The molecular formula is C28H35FN2O3. The number of fused-ring (bicyclic) bond motifs is 4. The van der Waals surface area contributed by atoms with Crippen molar-refractivity contribution < 1.29 is 18.7 Å². The van der Waals surface area contributed by atoms with Gasteiger partial charge in [0.1, 0.15) is 17.7 Å². The lowest BCUT2D eigenvalue weighted by Gasteiger charge is -2.44. The first-order valence-corrected chi connectivity index (χ1v) is 12.5. The Morgan fingerprint density at radius 2 is 1.97 bits per heavy atom. The third-order valence-corrected chi connectivity index (χ3v) is 7.77. The molecule has 182 valence electrons. The van der Waals surface area contributed by atoms with Crippen molar-refractivity contribution in [2.24, 2.45) is 11.3 Å². The van der Waals surface area contributed by atoms with E-state index in [1.165, 1.54) is 6.07 Å². The molecule has 0 saturated carbocycles. The van der Waals surface area contributed by atoms with Crippen LogP contribution in [0.2, 0.25) is 0 Å². The summed E-state index contributed by atoms with van der Waals surface area (Å²) in [6.45, 7) is 11.7. The predicted octanol–water partition coefficient (Wildman–Crippen LogP) is 5.90. The molecule has 6 heteroatoms. The number of nitrogens with zero attached hydrogens (tertiary/aromatic N) is 1. The van der Waals surface area contributed by atoms with Crippen LogP contribution in [0.3, 0.4) is 0 Å². The van der Waals surface area contributed by atoms with E-state index in [1.54, 1.807) is 6.07 Å². The average molecular weight is 467 g/mol. The molecule has 3 saturated heterocycles. The van der Waals surface area contributed by atoms with Crippen molar-refractivity contribution >= 4 is 6.09 Å². The Morgan fingerprint density at radius 3 is 2.65 bits per heavy atom. The van der Waals surface area contributed by atoms with E-state index in [0.29, 0.717) is 35.3 Å². The van der Waals surface area contributed by atoms with Gasteiger partial charge in [0.2, 0.25) is 0 Å². The zero-order valence-corrected chi connectivity index (χ0v) is 20.6. The van der Waals surface area contributed by atoms with Gasteiger partial charge < -0.3 is 14.8 Å². The van der Waals surface area contributed by atoms with E-state index >= 15 is 4.39 Å². The molecule has 2 bridgehead atoms. The summed E-state index contributed by atoms with van der Waals surface area (Å²) in [5, 5.41) is 3.06. The van der Waals surface area contributed by atoms with Crippen LogP contribution in [0.15, 0.2) is 36.4 Å². The number of benzene rings is 2. The van der Waals surface area contributed by atoms with Crippen LogP contribution in [-0.2, 0) is 4.74 Å². The van der Waals surface area contributed by atoms with Crippen molar-refractivity contribution in [2.45, 2.75) is 58.6 Å². The van der Waals surface area contributed by atoms with Crippen molar-refractivity contribution in [3.05, 3.63) is 53.3 Å². The zero-order valence-electron chi connectivity index (χ0n) is 20.6. The highest BCUT2D eigenvalue weighted by Gasteiger charge is 2.41. The van der Waals surface area contributed by atoms with Gasteiger partial charge in [0.15, 0.2) is 0 Å². The highest BCUT2D eigenvalue weighted by atomic mass is 19.1. The van der Waals surface area contributed by atoms with Gasteiger partial charge in [0, 0.05) is 23.1 Å².